The maximum absolute atomic E-state index is 12.1. The standard InChI is InChI=1S/C14H14BrN3O3/c1-9(7-18-8-11(15)6-16-18)13(19)17-12-4-2-10(3-5-12)14(20)21/h2-6,8-9H,7H2,1H3,(H,17,19)(H,20,21)/t9-/m1/s1. The zero-order valence-electron chi connectivity index (χ0n) is 11.3. The van der Waals surface area contributed by atoms with Crippen molar-refractivity contribution in [3.05, 3.63) is 46.7 Å². The monoisotopic (exact) mass is 351 g/mol. The number of nitrogens with one attached hydrogen (secondary N) is 1. The van der Waals surface area contributed by atoms with Crippen LogP contribution >= 0.6 is 15.9 Å². The van der Waals surface area contributed by atoms with Crippen LogP contribution in [0.1, 0.15) is 17.3 Å². The third kappa shape index (κ3) is 4.16. The predicted molar refractivity (Wildman–Crippen MR) is 81.1 cm³/mol. The molecule has 21 heavy (non-hydrogen) atoms. The normalized spacial score (nSPS) is 11.9. The van der Waals surface area contributed by atoms with Crippen LogP contribution in [0.25, 0.3) is 0 Å². The maximum Gasteiger partial charge on any atom is 0.335 e. The smallest absolute Gasteiger partial charge is 0.335 e. The summed E-state index contributed by atoms with van der Waals surface area (Å²) in [6.07, 6.45) is 3.46. The molecule has 6 nitrogen and oxygen atoms in total. The van der Waals surface area contributed by atoms with E-state index < -0.39 is 5.97 Å². The molecule has 7 heteroatoms. The minimum atomic E-state index is -0.995. The number of benzene rings is 1. The highest BCUT2D eigenvalue weighted by molar-refractivity contribution is 9.10. The van der Waals surface area contributed by atoms with Gasteiger partial charge in [0.05, 0.1) is 28.7 Å². The quantitative estimate of drug-likeness (QED) is 0.866. The summed E-state index contributed by atoms with van der Waals surface area (Å²) in [7, 11) is 0. The van der Waals surface area contributed by atoms with Crippen molar-refractivity contribution in [3.63, 3.8) is 0 Å². The summed E-state index contributed by atoms with van der Waals surface area (Å²) in [5.41, 5.74) is 0.751. The van der Waals surface area contributed by atoms with Gasteiger partial charge in [-0.3, -0.25) is 9.48 Å². The molecule has 0 fully saturated rings. The molecule has 0 aliphatic carbocycles. The number of carboxylic acid groups (broad SMARTS) is 1. The van der Waals surface area contributed by atoms with Crippen molar-refractivity contribution in [2.24, 2.45) is 5.92 Å². The minimum Gasteiger partial charge on any atom is -0.478 e. The summed E-state index contributed by atoms with van der Waals surface area (Å²) >= 11 is 3.30. The van der Waals surface area contributed by atoms with Gasteiger partial charge in [-0.2, -0.15) is 5.10 Å². The van der Waals surface area contributed by atoms with Gasteiger partial charge >= 0.3 is 5.97 Å². The number of amides is 1. The van der Waals surface area contributed by atoms with Crippen LogP contribution in [0.4, 0.5) is 5.69 Å². The van der Waals surface area contributed by atoms with Crippen molar-refractivity contribution < 1.29 is 14.7 Å². The second kappa shape index (κ2) is 6.53. The van der Waals surface area contributed by atoms with E-state index in [9.17, 15) is 9.59 Å². The molecule has 0 saturated carbocycles. The van der Waals surface area contributed by atoms with Gasteiger partial charge in [-0.1, -0.05) is 6.92 Å². The van der Waals surface area contributed by atoms with E-state index in [4.69, 9.17) is 5.11 Å². The van der Waals surface area contributed by atoms with Crippen LogP contribution in [0, 0.1) is 5.92 Å². The van der Waals surface area contributed by atoms with Gasteiger partial charge in [0.1, 0.15) is 0 Å². The summed E-state index contributed by atoms with van der Waals surface area (Å²) in [5.74, 6) is -1.41. The number of rotatable bonds is 5. The second-order valence-electron chi connectivity index (χ2n) is 4.65. The Hall–Kier alpha value is -2.15. The second-order valence-corrected chi connectivity index (χ2v) is 5.57. The van der Waals surface area contributed by atoms with Crippen molar-refractivity contribution >= 4 is 33.5 Å². The first kappa shape index (κ1) is 15.2. The lowest BCUT2D eigenvalue weighted by Gasteiger charge is -2.12. The molecule has 0 aliphatic heterocycles. The van der Waals surface area contributed by atoms with E-state index in [1.54, 1.807) is 36.1 Å². The molecule has 0 spiro atoms. The number of hydrogen-bond donors (Lipinski definition) is 2. The summed E-state index contributed by atoms with van der Waals surface area (Å²) in [4.78, 5) is 22.8. The van der Waals surface area contributed by atoms with Gasteiger partial charge in [-0.25, -0.2) is 4.79 Å². The first-order valence-corrected chi connectivity index (χ1v) is 7.07. The van der Waals surface area contributed by atoms with E-state index >= 15 is 0 Å². The average Bonchev–Trinajstić information content (AvgIpc) is 2.84. The van der Waals surface area contributed by atoms with Crippen molar-refractivity contribution in [1.29, 1.82) is 0 Å². The molecule has 0 radical (unpaired) electrons. The third-order valence-corrected chi connectivity index (χ3v) is 3.32. The van der Waals surface area contributed by atoms with E-state index in [0.29, 0.717) is 12.2 Å². The fourth-order valence-electron chi connectivity index (χ4n) is 1.76. The van der Waals surface area contributed by atoms with Crippen LogP contribution in [-0.2, 0) is 11.3 Å². The Bertz CT molecular complexity index is 652. The molecule has 1 aromatic carbocycles. The number of halogens is 1. The predicted octanol–water partition coefficient (Wildman–Crippen LogP) is 2.62. The molecule has 1 amide bonds. The lowest BCUT2D eigenvalue weighted by Crippen LogP contribution is -2.24. The first-order valence-electron chi connectivity index (χ1n) is 6.28. The Morgan fingerprint density at radius 2 is 2.05 bits per heavy atom. The van der Waals surface area contributed by atoms with E-state index in [-0.39, 0.29) is 17.4 Å². The van der Waals surface area contributed by atoms with E-state index in [1.165, 1.54) is 12.1 Å². The molecule has 110 valence electrons. The van der Waals surface area contributed by atoms with Gasteiger partial charge < -0.3 is 10.4 Å². The maximum atomic E-state index is 12.1. The highest BCUT2D eigenvalue weighted by Crippen LogP contribution is 2.13. The number of hydrogen-bond acceptors (Lipinski definition) is 3. The number of carboxylic acids is 1. The van der Waals surface area contributed by atoms with E-state index in [2.05, 4.69) is 26.3 Å². The SMILES string of the molecule is C[C@H](Cn1cc(Br)cn1)C(=O)Nc1ccc(C(=O)O)cc1. The van der Waals surface area contributed by atoms with Crippen molar-refractivity contribution in [2.45, 2.75) is 13.5 Å². The average molecular weight is 352 g/mol. The van der Waals surface area contributed by atoms with Crippen LogP contribution in [0.2, 0.25) is 0 Å². The number of carbonyl (C=O) groups excluding carboxylic acids is 1. The summed E-state index contributed by atoms with van der Waals surface area (Å²) in [6, 6.07) is 6.04. The Morgan fingerprint density at radius 3 is 2.57 bits per heavy atom. The summed E-state index contributed by atoms with van der Waals surface area (Å²) in [5, 5.41) is 15.7. The van der Waals surface area contributed by atoms with Crippen LogP contribution < -0.4 is 5.32 Å². The first-order chi connectivity index (χ1) is 9.95. The van der Waals surface area contributed by atoms with Crippen LogP contribution in [0.3, 0.4) is 0 Å². The number of aromatic nitrogens is 2. The van der Waals surface area contributed by atoms with Gasteiger partial charge in [0.15, 0.2) is 0 Å². The molecule has 0 bridgehead atoms. The summed E-state index contributed by atoms with van der Waals surface area (Å²) < 4.78 is 2.54. The molecule has 0 saturated heterocycles. The van der Waals surface area contributed by atoms with Gasteiger partial charge in [-0.05, 0) is 40.2 Å². The highest BCUT2D eigenvalue weighted by Gasteiger charge is 2.14. The Labute approximate surface area is 129 Å². The fraction of sp³-hybridized carbons (Fsp3) is 0.214. The van der Waals surface area contributed by atoms with Crippen LogP contribution in [0.5, 0.6) is 0 Å². The largest absolute Gasteiger partial charge is 0.478 e. The van der Waals surface area contributed by atoms with Crippen molar-refractivity contribution in [1.82, 2.24) is 9.78 Å². The van der Waals surface area contributed by atoms with Gasteiger partial charge in [0, 0.05) is 11.9 Å². The number of carbonyl (C=O) groups is 2. The third-order valence-electron chi connectivity index (χ3n) is 2.91. The van der Waals surface area contributed by atoms with Crippen molar-refractivity contribution in [3.8, 4) is 0 Å². The molecule has 1 aromatic heterocycles. The molecule has 1 heterocycles. The number of nitrogens with zero attached hydrogens (tertiary/aromatic N) is 2. The Morgan fingerprint density at radius 1 is 1.38 bits per heavy atom. The molecular weight excluding hydrogens is 338 g/mol. The zero-order chi connectivity index (χ0) is 15.4. The lowest BCUT2D eigenvalue weighted by molar-refractivity contribution is -0.119. The molecule has 2 aromatic rings. The summed E-state index contributed by atoms with van der Waals surface area (Å²) in [6.45, 7) is 2.27. The molecular formula is C14H14BrN3O3. The topological polar surface area (TPSA) is 84.2 Å². The number of aromatic carboxylic acids is 1. The minimum absolute atomic E-state index is 0.148. The molecule has 1 atom stereocenters. The number of anilines is 1. The molecule has 0 unspecified atom stereocenters. The van der Waals surface area contributed by atoms with E-state index in [1.807, 2.05) is 0 Å². The molecule has 2 rings (SSSR count). The fourth-order valence-corrected chi connectivity index (χ4v) is 2.09. The van der Waals surface area contributed by atoms with Crippen LogP contribution in [0.15, 0.2) is 41.1 Å². The van der Waals surface area contributed by atoms with E-state index in [0.717, 1.165) is 4.47 Å². The van der Waals surface area contributed by atoms with Gasteiger partial charge in [-0.15, -0.1) is 0 Å². The van der Waals surface area contributed by atoms with Crippen LogP contribution in [-0.4, -0.2) is 26.8 Å². The Balaban J connectivity index is 1.95. The van der Waals surface area contributed by atoms with Gasteiger partial charge in [0.25, 0.3) is 0 Å². The zero-order valence-corrected chi connectivity index (χ0v) is 12.9. The highest BCUT2D eigenvalue weighted by atomic mass is 79.9. The molecule has 0 aliphatic rings. The van der Waals surface area contributed by atoms with Crippen molar-refractivity contribution in [2.75, 3.05) is 5.32 Å². The van der Waals surface area contributed by atoms with Gasteiger partial charge in [0.2, 0.25) is 5.91 Å². The Kier molecular flexibility index (Phi) is 4.74. The molecule has 2 N–H and O–H groups in total. The lowest BCUT2D eigenvalue weighted by atomic mass is 10.1.